The molecule has 1 amide bonds. The van der Waals surface area contributed by atoms with E-state index in [-0.39, 0.29) is 28.5 Å². The highest BCUT2D eigenvalue weighted by Crippen LogP contribution is 2.31. The van der Waals surface area contributed by atoms with Crippen LogP contribution in [0.2, 0.25) is 0 Å². The number of rotatable bonds is 4. The maximum absolute atomic E-state index is 12.2. The van der Waals surface area contributed by atoms with Crippen LogP contribution < -0.4 is 5.32 Å². The zero-order valence-corrected chi connectivity index (χ0v) is 15.8. The van der Waals surface area contributed by atoms with Crippen molar-refractivity contribution in [3.8, 4) is 0 Å². The van der Waals surface area contributed by atoms with Crippen molar-refractivity contribution in [1.82, 2.24) is 5.32 Å². The Morgan fingerprint density at radius 3 is 2.69 bits per heavy atom. The van der Waals surface area contributed by atoms with Gasteiger partial charge in [0.05, 0.1) is 15.9 Å². The van der Waals surface area contributed by atoms with E-state index in [4.69, 9.17) is 0 Å². The van der Waals surface area contributed by atoms with E-state index in [1.165, 1.54) is 37.1 Å². The number of carbonyl (C=O) groups is 1. The van der Waals surface area contributed by atoms with Gasteiger partial charge in [-0.05, 0) is 42.2 Å². The molecule has 1 aromatic carbocycles. The molecule has 3 rings (SSSR count). The van der Waals surface area contributed by atoms with Crippen molar-refractivity contribution in [2.24, 2.45) is 4.99 Å². The molecule has 1 aliphatic heterocycles. The van der Waals surface area contributed by atoms with Gasteiger partial charge in [0.15, 0.2) is 5.17 Å². The fraction of sp³-hybridized carbons (Fsp3) is 0.474. The van der Waals surface area contributed by atoms with Crippen LogP contribution in [-0.4, -0.2) is 22.0 Å². The fourth-order valence-electron chi connectivity index (χ4n) is 3.31. The third-order valence-corrected chi connectivity index (χ3v) is 5.62. The van der Waals surface area contributed by atoms with Crippen molar-refractivity contribution in [2.75, 3.05) is 0 Å². The number of aliphatic imine (C=N–C) groups is 1. The highest BCUT2D eigenvalue weighted by Gasteiger charge is 2.26. The quantitative estimate of drug-likeness (QED) is 0.474. The number of nitrogens with one attached hydrogen (secondary N) is 1. The van der Waals surface area contributed by atoms with Crippen LogP contribution in [0.25, 0.3) is 6.08 Å². The van der Waals surface area contributed by atoms with Gasteiger partial charge in [-0.1, -0.05) is 45.2 Å². The lowest BCUT2D eigenvalue weighted by Crippen LogP contribution is -2.22. The first-order valence-electron chi connectivity index (χ1n) is 9.01. The van der Waals surface area contributed by atoms with Crippen LogP contribution in [0.3, 0.4) is 0 Å². The summed E-state index contributed by atoms with van der Waals surface area (Å²) in [4.78, 5) is 28.4. The second kappa shape index (κ2) is 8.03. The number of amides is 1. The SMILES string of the molecule is CC(C)c1ccc(/C=C2\SC(=NC3CCCCC3)NC2=O)cc1[N+](=O)[O-]. The zero-order valence-electron chi connectivity index (χ0n) is 15.0. The minimum absolute atomic E-state index is 0.0653. The number of hydrogen-bond donors (Lipinski definition) is 1. The number of nitro groups is 1. The highest BCUT2D eigenvalue weighted by molar-refractivity contribution is 8.18. The van der Waals surface area contributed by atoms with Gasteiger partial charge in [0, 0.05) is 11.6 Å². The first kappa shape index (κ1) is 18.6. The van der Waals surface area contributed by atoms with Crippen molar-refractivity contribution in [3.63, 3.8) is 0 Å². The molecule has 26 heavy (non-hydrogen) atoms. The normalized spacial score (nSPS) is 21.6. The van der Waals surface area contributed by atoms with Gasteiger partial charge in [-0.15, -0.1) is 0 Å². The molecule has 6 nitrogen and oxygen atoms in total. The topological polar surface area (TPSA) is 84.6 Å². The Morgan fingerprint density at radius 2 is 2.04 bits per heavy atom. The van der Waals surface area contributed by atoms with Gasteiger partial charge >= 0.3 is 0 Å². The molecule has 0 aromatic heterocycles. The second-order valence-electron chi connectivity index (χ2n) is 7.02. The summed E-state index contributed by atoms with van der Waals surface area (Å²) < 4.78 is 0. The summed E-state index contributed by atoms with van der Waals surface area (Å²) in [6.07, 6.45) is 7.48. The number of nitro benzene ring substituents is 1. The van der Waals surface area contributed by atoms with Crippen molar-refractivity contribution >= 4 is 34.6 Å². The maximum Gasteiger partial charge on any atom is 0.273 e. The maximum atomic E-state index is 12.2. The molecule has 1 N–H and O–H groups in total. The smallest absolute Gasteiger partial charge is 0.273 e. The summed E-state index contributed by atoms with van der Waals surface area (Å²) in [5.41, 5.74) is 1.44. The molecule has 0 atom stereocenters. The number of carbonyl (C=O) groups excluding carboxylic acids is 1. The standard InChI is InChI=1S/C19H23N3O3S/c1-12(2)15-9-8-13(10-16(15)22(24)25)11-17-18(23)21-19(26-17)20-14-6-4-3-5-7-14/h8-12,14H,3-7H2,1-2H3,(H,20,21,23)/b17-11-. The number of benzene rings is 1. The van der Waals surface area contributed by atoms with E-state index in [0.29, 0.717) is 21.2 Å². The number of hydrogen-bond acceptors (Lipinski definition) is 5. The molecule has 1 aromatic rings. The first-order chi connectivity index (χ1) is 12.4. The van der Waals surface area contributed by atoms with Crippen LogP contribution >= 0.6 is 11.8 Å². The Hall–Kier alpha value is -2.15. The lowest BCUT2D eigenvalue weighted by atomic mass is 9.96. The van der Waals surface area contributed by atoms with E-state index in [9.17, 15) is 14.9 Å². The van der Waals surface area contributed by atoms with Crippen LogP contribution in [0.1, 0.15) is 63.0 Å². The second-order valence-corrected chi connectivity index (χ2v) is 8.05. The number of amidine groups is 1. The van der Waals surface area contributed by atoms with Crippen molar-refractivity contribution in [2.45, 2.75) is 57.9 Å². The third kappa shape index (κ3) is 4.33. The molecule has 1 heterocycles. The lowest BCUT2D eigenvalue weighted by Gasteiger charge is -2.17. The molecule has 1 aliphatic carbocycles. The predicted octanol–water partition coefficient (Wildman–Crippen LogP) is 4.61. The van der Waals surface area contributed by atoms with E-state index < -0.39 is 0 Å². The monoisotopic (exact) mass is 373 g/mol. The van der Waals surface area contributed by atoms with Gasteiger partial charge in [0.1, 0.15) is 0 Å². The van der Waals surface area contributed by atoms with Gasteiger partial charge in [-0.3, -0.25) is 19.9 Å². The van der Waals surface area contributed by atoms with Crippen LogP contribution in [0.4, 0.5) is 5.69 Å². The fourth-order valence-corrected chi connectivity index (χ4v) is 4.21. The number of thioether (sulfide) groups is 1. The average Bonchev–Trinajstić information content (AvgIpc) is 2.94. The summed E-state index contributed by atoms with van der Waals surface area (Å²) in [5, 5.41) is 14.8. The van der Waals surface area contributed by atoms with E-state index in [2.05, 4.69) is 10.3 Å². The van der Waals surface area contributed by atoms with Crippen LogP contribution in [0, 0.1) is 10.1 Å². The van der Waals surface area contributed by atoms with Crippen LogP contribution in [0.5, 0.6) is 0 Å². The first-order valence-corrected chi connectivity index (χ1v) is 9.82. The summed E-state index contributed by atoms with van der Waals surface area (Å²) in [7, 11) is 0. The van der Waals surface area contributed by atoms with Gasteiger partial charge in [0.2, 0.25) is 0 Å². The van der Waals surface area contributed by atoms with E-state index >= 15 is 0 Å². The summed E-state index contributed by atoms with van der Waals surface area (Å²) >= 11 is 1.31. The minimum atomic E-state index is -0.366. The van der Waals surface area contributed by atoms with Gasteiger partial charge in [0.25, 0.3) is 11.6 Å². The summed E-state index contributed by atoms with van der Waals surface area (Å²) in [6, 6.07) is 5.41. The largest absolute Gasteiger partial charge is 0.301 e. The molecule has 2 fully saturated rings. The highest BCUT2D eigenvalue weighted by atomic mass is 32.2. The zero-order chi connectivity index (χ0) is 18.7. The molecule has 1 saturated heterocycles. The molecule has 0 bridgehead atoms. The van der Waals surface area contributed by atoms with Crippen LogP contribution in [-0.2, 0) is 4.79 Å². The van der Waals surface area contributed by atoms with Crippen molar-refractivity contribution in [3.05, 3.63) is 44.3 Å². The summed E-state index contributed by atoms with van der Waals surface area (Å²) in [5.74, 6) is -0.129. The molecule has 138 valence electrons. The Morgan fingerprint density at radius 1 is 1.31 bits per heavy atom. The predicted molar refractivity (Wildman–Crippen MR) is 105 cm³/mol. The van der Waals surface area contributed by atoms with E-state index in [0.717, 1.165) is 12.8 Å². The molecule has 0 radical (unpaired) electrons. The lowest BCUT2D eigenvalue weighted by molar-refractivity contribution is -0.385. The Bertz CT molecular complexity index is 780. The molecule has 2 aliphatic rings. The molecular formula is C19H23N3O3S. The number of nitrogens with zero attached hydrogens (tertiary/aromatic N) is 2. The van der Waals surface area contributed by atoms with Gasteiger partial charge in [-0.2, -0.15) is 0 Å². The van der Waals surface area contributed by atoms with E-state index in [1.54, 1.807) is 12.1 Å². The van der Waals surface area contributed by atoms with Crippen LogP contribution in [0.15, 0.2) is 28.1 Å². The molecule has 0 spiro atoms. The van der Waals surface area contributed by atoms with Gasteiger partial charge < -0.3 is 5.32 Å². The van der Waals surface area contributed by atoms with Crippen molar-refractivity contribution < 1.29 is 9.72 Å². The molecule has 7 heteroatoms. The molecule has 1 saturated carbocycles. The molecular weight excluding hydrogens is 350 g/mol. The third-order valence-electron chi connectivity index (χ3n) is 4.70. The average molecular weight is 373 g/mol. The Labute approximate surface area is 157 Å². The molecule has 0 unspecified atom stereocenters. The van der Waals surface area contributed by atoms with Crippen molar-refractivity contribution in [1.29, 1.82) is 0 Å². The minimum Gasteiger partial charge on any atom is -0.301 e. The summed E-state index contributed by atoms with van der Waals surface area (Å²) in [6.45, 7) is 3.85. The van der Waals surface area contributed by atoms with Gasteiger partial charge in [-0.25, -0.2) is 0 Å². The Kier molecular flexibility index (Phi) is 5.76. The Balaban J connectivity index is 1.81. The van der Waals surface area contributed by atoms with E-state index in [1.807, 2.05) is 19.9 Å².